The highest BCUT2D eigenvalue weighted by Gasteiger charge is 2.13. The van der Waals surface area contributed by atoms with E-state index in [1.807, 2.05) is 18.2 Å². The van der Waals surface area contributed by atoms with E-state index in [9.17, 15) is 9.59 Å². The van der Waals surface area contributed by atoms with Gasteiger partial charge in [-0.2, -0.15) is 0 Å². The summed E-state index contributed by atoms with van der Waals surface area (Å²) in [5.74, 6) is 0.651. The number of fused-ring (bicyclic) bond motifs is 1. The summed E-state index contributed by atoms with van der Waals surface area (Å²) >= 11 is 0. The van der Waals surface area contributed by atoms with Crippen LogP contribution in [0.1, 0.15) is 32.8 Å². The number of nitrogens with one attached hydrogen (secondary N) is 1. The molecule has 0 fully saturated rings. The van der Waals surface area contributed by atoms with Gasteiger partial charge >= 0.3 is 0 Å². The van der Waals surface area contributed by atoms with Crippen molar-refractivity contribution in [3.05, 3.63) is 70.8 Å². The van der Waals surface area contributed by atoms with Gasteiger partial charge in [-0.25, -0.2) is 4.98 Å². The number of amides is 1. The van der Waals surface area contributed by atoms with Crippen LogP contribution in [0.15, 0.2) is 59.7 Å². The Morgan fingerprint density at radius 2 is 1.83 bits per heavy atom. The zero-order chi connectivity index (χ0) is 20.9. The third-order valence-corrected chi connectivity index (χ3v) is 4.72. The average Bonchev–Trinajstić information content (AvgIpc) is 2.70. The molecular formula is C23H27N3O3. The molecule has 0 saturated heterocycles. The third kappa shape index (κ3) is 5.44. The standard InChI is InChI=1S/C23H27N3O3/c1-23(2,3)17-8-10-18(11-9-17)29-15-13-24-21(27)12-14-26-16-25-20-7-5-4-6-19(20)22(26)28/h4-11,16H,12-15H2,1-3H3,(H,24,27). The van der Waals surface area contributed by atoms with Crippen molar-refractivity contribution >= 4 is 16.8 Å². The molecule has 0 aliphatic carbocycles. The minimum Gasteiger partial charge on any atom is -0.492 e. The number of para-hydroxylation sites is 1. The Hall–Kier alpha value is -3.15. The van der Waals surface area contributed by atoms with Crippen molar-refractivity contribution in [3.8, 4) is 5.75 Å². The summed E-state index contributed by atoms with van der Waals surface area (Å²) in [5.41, 5.74) is 1.88. The summed E-state index contributed by atoms with van der Waals surface area (Å²) in [4.78, 5) is 28.7. The maximum Gasteiger partial charge on any atom is 0.261 e. The molecule has 3 aromatic rings. The Labute approximate surface area is 170 Å². The van der Waals surface area contributed by atoms with E-state index < -0.39 is 0 Å². The molecule has 0 aliphatic rings. The predicted molar refractivity (Wildman–Crippen MR) is 114 cm³/mol. The lowest BCUT2D eigenvalue weighted by molar-refractivity contribution is -0.121. The second-order valence-corrected chi connectivity index (χ2v) is 7.98. The molecule has 6 heteroatoms. The quantitative estimate of drug-likeness (QED) is 0.625. The number of benzene rings is 2. The lowest BCUT2D eigenvalue weighted by Crippen LogP contribution is -2.30. The number of hydrogen-bond acceptors (Lipinski definition) is 4. The molecule has 3 rings (SSSR count). The van der Waals surface area contributed by atoms with Crippen LogP contribution >= 0.6 is 0 Å². The summed E-state index contributed by atoms with van der Waals surface area (Å²) in [6, 6.07) is 15.2. The van der Waals surface area contributed by atoms with Crippen molar-refractivity contribution in [1.29, 1.82) is 0 Å². The number of carbonyl (C=O) groups is 1. The molecule has 0 unspecified atom stereocenters. The predicted octanol–water partition coefficient (Wildman–Crippen LogP) is 3.28. The SMILES string of the molecule is CC(C)(C)c1ccc(OCCNC(=O)CCn2cnc3ccccc3c2=O)cc1. The number of hydrogen-bond donors (Lipinski definition) is 1. The first-order chi connectivity index (χ1) is 13.8. The fourth-order valence-corrected chi connectivity index (χ4v) is 2.99. The molecule has 0 spiro atoms. The van der Waals surface area contributed by atoms with Crippen LogP contribution in [0.5, 0.6) is 5.75 Å². The minimum absolute atomic E-state index is 0.106. The first-order valence-electron chi connectivity index (χ1n) is 9.79. The molecule has 152 valence electrons. The molecule has 2 aromatic carbocycles. The maximum absolute atomic E-state index is 12.4. The zero-order valence-corrected chi connectivity index (χ0v) is 17.1. The van der Waals surface area contributed by atoms with Gasteiger partial charge in [-0.1, -0.05) is 45.0 Å². The van der Waals surface area contributed by atoms with Crippen molar-refractivity contribution in [2.75, 3.05) is 13.2 Å². The van der Waals surface area contributed by atoms with E-state index in [1.54, 1.807) is 18.2 Å². The van der Waals surface area contributed by atoms with Gasteiger partial charge in [0, 0.05) is 13.0 Å². The fourth-order valence-electron chi connectivity index (χ4n) is 2.99. The van der Waals surface area contributed by atoms with Crippen molar-refractivity contribution in [1.82, 2.24) is 14.9 Å². The van der Waals surface area contributed by atoms with E-state index in [4.69, 9.17) is 4.74 Å². The Morgan fingerprint density at radius 1 is 1.10 bits per heavy atom. The molecule has 0 atom stereocenters. The highest BCUT2D eigenvalue weighted by atomic mass is 16.5. The van der Waals surface area contributed by atoms with Crippen LogP contribution in [-0.4, -0.2) is 28.6 Å². The number of nitrogens with zero attached hydrogens (tertiary/aromatic N) is 2. The zero-order valence-electron chi connectivity index (χ0n) is 17.1. The van der Waals surface area contributed by atoms with Gasteiger partial charge in [-0.05, 0) is 35.2 Å². The van der Waals surface area contributed by atoms with Gasteiger partial charge in [0.05, 0.1) is 23.8 Å². The van der Waals surface area contributed by atoms with Crippen LogP contribution in [-0.2, 0) is 16.8 Å². The van der Waals surface area contributed by atoms with Gasteiger partial charge in [0.15, 0.2) is 0 Å². The molecule has 0 radical (unpaired) electrons. The monoisotopic (exact) mass is 393 g/mol. The topological polar surface area (TPSA) is 73.2 Å². The smallest absolute Gasteiger partial charge is 0.261 e. The van der Waals surface area contributed by atoms with Crippen LogP contribution < -0.4 is 15.6 Å². The number of ether oxygens (including phenoxy) is 1. The number of rotatable bonds is 7. The van der Waals surface area contributed by atoms with E-state index in [0.29, 0.717) is 24.1 Å². The summed E-state index contributed by atoms with van der Waals surface area (Å²) in [6.45, 7) is 7.59. The van der Waals surface area contributed by atoms with Crippen LogP contribution in [0.3, 0.4) is 0 Å². The minimum atomic E-state index is -0.134. The highest BCUT2D eigenvalue weighted by Crippen LogP contribution is 2.24. The largest absolute Gasteiger partial charge is 0.492 e. The van der Waals surface area contributed by atoms with E-state index in [0.717, 1.165) is 5.75 Å². The molecule has 1 amide bonds. The van der Waals surface area contributed by atoms with Crippen molar-refractivity contribution < 1.29 is 9.53 Å². The van der Waals surface area contributed by atoms with E-state index in [2.05, 4.69) is 43.2 Å². The summed E-state index contributed by atoms with van der Waals surface area (Å²) < 4.78 is 7.14. The van der Waals surface area contributed by atoms with Gasteiger partial charge in [0.1, 0.15) is 12.4 Å². The van der Waals surface area contributed by atoms with Crippen LogP contribution in [0.4, 0.5) is 0 Å². The molecule has 1 N–H and O–H groups in total. The van der Waals surface area contributed by atoms with Gasteiger partial charge in [-0.3, -0.25) is 14.2 Å². The molecule has 1 heterocycles. The lowest BCUT2D eigenvalue weighted by atomic mass is 9.87. The van der Waals surface area contributed by atoms with Crippen molar-refractivity contribution in [2.24, 2.45) is 0 Å². The van der Waals surface area contributed by atoms with Gasteiger partial charge < -0.3 is 10.1 Å². The fraction of sp³-hybridized carbons (Fsp3) is 0.348. The Morgan fingerprint density at radius 3 is 2.55 bits per heavy atom. The summed E-state index contributed by atoms with van der Waals surface area (Å²) in [5, 5.41) is 3.37. The second kappa shape index (κ2) is 8.90. The molecule has 0 aliphatic heterocycles. The second-order valence-electron chi connectivity index (χ2n) is 7.98. The summed E-state index contributed by atoms with van der Waals surface area (Å²) in [7, 11) is 0. The van der Waals surface area contributed by atoms with Gasteiger partial charge in [0.25, 0.3) is 5.56 Å². The van der Waals surface area contributed by atoms with Gasteiger partial charge in [0.2, 0.25) is 5.91 Å². The third-order valence-electron chi connectivity index (χ3n) is 4.72. The number of aromatic nitrogens is 2. The van der Waals surface area contributed by atoms with E-state index in [-0.39, 0.29) is 29.8 Å². The first kappa shape index (κ1) is 20.6. The highest BCUT2D eigenvalue weighted by molar-refractivity contribution is 5.77. The van der Waals surface area contributed by atoms with Crippen molar-refractivity contribution in [2.45, 2.75) is 39.2 Å². The molecule has 1 aromatic heterocycles. The number of aryl methyl sites for hydroxylation is 1. The van der Waals surface area contributed by atoms with Crippen LogP contribution in [0.25, 0.3) is 10.9 Å². The molecule has 6 nitrogen and oxygen atoms in total. The van der Waals surface area contributed by atoms with Crippen LogP contribution in [0, 0.1) is 0 Å². The molecule has 0 bridgehead atoms. The molecular weight excluding hydrogens is 366 g/mol. The summed E-state index contributed by atoms with van der Waals surface area (Å²) in [6.07, 6.45) is 1.70. The normalized spacial score (nSPS) is 11.4. The maximum atomic E-state index is 12.4. The Kier molecular flexibility index (Phi) is 6.32. The van der Waals surface area contributed by atoms with Gasteiger partial charge in [-0.15, -0.1) is 0 Å². The Balaban J connectivity index is 1.43. The molecule has 29 heavy (non-hydrogen) atoms. The van der Waals surface area contributed by atoms with Crippen molar-refractivity contribution in [3.63, 3.8) is 0 Å². The van der Waals surface area contributed by atoms with Crippen LogP contribution in [0.2, 0.25) is 0 Å². The average molecular weight is 393 g/mol. The van der Waals surface area contributed by atoms with E-state index in [1.165, 1.54) is 16.5 Å². The first-order valence-corrected chi connectivity index (χ1v) is 9.79. The number of carbonyl (C=O) groups excluding carboxylic acids is 1. The lowest BCUT2D eigenvalue weighted by Gasteiger charge is -2.19. The van der Waals surface area contributed by atoms with E-state index >= 15 is 0 Å². The molecule has 0 saturated carbocycles. The Bertz CT molecular complexity index is 1030.